The van der Waals surface area contributed by atoms with Gasteiger partial charge in [-0.2, -0.15) is 0 Å². The van der Waals surface area contributed by atoms with Crippen LogP contribution in [0, 0.1) is 13.8 Å². The van der Waals surface area contributed by atoms with Crippen molar-refractivity contribution in [2.24, 2.45) is 0 Å². The third-order valence-electron chi connectivity index (χ3n) is 3.40. The number of carboxylic acid groups (broad SMARTS) is 1. The molecule has 0 radical (unpaired) electrons. The molecule has 0 amide bonds. The van der Waals surface area contributed by atoms with Crippen molar-refractivity contribution in [3.05, 3.63) is 47.0 Å². The van der Waals surface area contributed by atoms with Gasteiger partial charge in [0.05, 0.1) is 23.3 Å². The van der Waals surface area contributed by atoms with E-state index in [1.54, 1.807) is 19.9 Å². The lowest BCUT2D eigenvalue weighted by atomic mass is 10.1. The Labute approximate surface area is 139 Å². The summed E-state index contributed by atoms with van der Waals surface area (Å²) in [4.78, 5) is 11.1. The van der Waals surface area contributed by atoms with Gasteiger partial charge in [-0.3, -0.25) is 4.72 Å². The summed E-state index contributed by atoms with van der Waals surface area (Å²) in [5.74, 6) is -1.06. The van der Waals surface area contributed by atoms with Crippen LogP contribution in [0.15, 0.2) is 35.2 Å². The number of hydrogen-bond donors (Lipinski definition) is 3. The van der Waals surface area contributed by atoms with Crippen LogP contribution in [0.2, 0.25) is 0 Å². The van der Waals surface area contributed by atoms with Crippen LogP contribution in [0.5, 0.6) is 11.5 Å². The number of benzene rings is 2. The van der Waals surface area contributed by atoms with Gasteiger partial charge in [-0.15, -0.1) is 0 Å². The van der Waals surface area contributed by atoms with Gasteiger partial charge in [-0.1, -0.05) is 0 Å². The Kier molecular flexibility index (Phi) is 4.70. The zero-order valence-corrected chi connectivity index (χ0v) is 14.1. The fraction of sp³-hybridized carbons (Fsp3) is 0.188. The van der Waals surface area contributed by atoms with E-state index in [0.717, 1.165) is 18.2 Å². The molecule has 7 nitrogen and oxygen atoms in total. The number of nitrogens with one attached hydrogen (secondary N) is 1. The van der Waals surface area contributed by atoms with Crippen molar-refractivity contribution in [2.45, 2.75) is 18.7 Å². The number of carboxylic acids is 1. The first kappa shape index (κ1) is 17.6. The highest BCUT2D eigenvalue weighted by Gasteiger charge is 2.20. The fourth-order valence-electron chi connectivity index (χ4n) is 2.28. The minimum atomic E-state index is -3.96. The number of phenols is 1. The number of phenolic OH excluding ortho intramolecular Hbond substituents is 1. The molecule has 0 heterocycles. The lowest BCUT2D eigenvalue weighted by molar-refractivity contribution is 0.0696. The number of aryl methyl sites for hydroxylation is 2. The maximum absolute atomic E-state index is 12.6. The Bertz CT molecular complexity index is 905. The summed E-state index contributed by atoms with van der Waals surface area (Å²) in [6.07, 6.45) is 0. The van der Waals surface area contributed by atoms with Crippen LogP contribution in [0.1, 0.15) is 21.5 Å². The van der Waals surface area contributed by atoms with Gasteiger partial charge in [-0.25, -0.2) is 13.2 Å². The number of hydrogen-bond acceptors (Lipinski definition) is 5. The van der Waals surface area contributed by atoms with Gasteiger partial charge in [0.25, 0.3) is 10.0 Å². The molecule has 0 aromatic heterocycles. The molecular formula is C16H17NO6S. The Balaban J connectivity index is 2.46. The van der Waals surface area contributed by atoms with Gasteiger partial charge in [-0.05, 0) is 49.2 Å². The fourth-order valence-corrected chi connectivity index (χ4v) is 3.63. The molecule has 0 fully saturated rings. The molecule has 0 atom stereocenters. The maximum Gasteiger partial charge on any atom is 0.335 e. The highest BCUT2D eigenvalue weighted by atomic mass is 32.2. The third kappa shape index (κ3) is 3.60. The number of anilines is 1. The standard InChI is InChI=1S/C16H17NO6S/c1-9-5-15(10(2)4-14(9)23-3)24(21,22)17-12-6-11(16(19)20)7-13(18)8-12/h4-8,17-18H,1-3H3,(H,19,20). The summed E-state index contributed by atoms with van der Waals surface area (Å²) in [6, 6.07) is 6.37. The molecule has 0 saturated carbocycles. The molecule has 128 valence electrons. The summed E-state index contributed by atoms with van der Waals surface area (Å²) < 4.78 is 32.6. The zero-order valence-electron chi connectivity index (χ0n) is 13.3. The summed E-state index contributed by atoms with van der Waals surface area (Å²) in [7, 11) is -2.47. The molecule has 2 rings (SSSR count). The van der Waals surface area contributed by atoms with Gasteiger partial charge < -0.3 is 14.9 Å². The van der Waals surface area contributed by atoms with Crippen LogP contribution in [-0.4, -0.2) is 31.7 Å². The predicted octanol–water partition coefficient (Wildman–Crippen LogP) is 2.52. The van der Waals surface area contributed by atoms with Crippen molar-refractivity contribution in [1.29, 1.82) is 0 Å². The first-order valence-corrected chi connectivity index (χ1v) is 8.38. The second-order valence-corrected chi connectivity index (χ2v) is 6.92. The van der Waals surface area contributed by atoms with Gasteiger partial charge in [0.15, 0.2) is 0 Å². The minimum absolute atomic E-state index is 0.0414. The average molecular weight is 351 g/mol. The summed E-state index contributed by atoms with van der Waals surface area (Å²) in [5.41, 5.74) is 0.852. The van der Waals surface area contributed by atoms with Crippen LogP contribution in [0.3, 0.4) is 0 Å². The van der Waals surface area contributed by atoms with Gasteiger partial charge in [0, 0.05) is 6.07 Å². The molecule has 2 aromatic carbocycles. The Morgan fingerprint density at radius 2 is 1.75 bits per heavy atom. The minimum Gasteiger partial charge on any atom is -0.508 e. The van der Waals surface area contributed by atoms with E-state index in [1.807, 2.05) is 0 Å². The zero-order chi connectivity index (χ0) is 18.1. The van der Waals surface area contributed by atoms with Crippen molar-refractivity contribution in [3.63, 3.8) is 0 Å². The van der Waals surface area contributed by atoms with E-state index in [-0.39, 0.29) is 21.9 Å². The van der Waals surface area contributed by atoms with Gasteiger partial charge in [0.2, 0.25) is 0 Å². The van der Waals surface area contributed by atoms with Crippen LogP contribution in [-0.2, 0) is 10.0 Å². The monoisotopic (exact) mass is 351 g/mol. The molecule has 2 aromatic rings. The smallest absolute Gasteiger partial charge is 0.335 e. The van der Waals surface area contributed by atoms with Gasteiger partial charge >= 0.3 is 5.97 Å². The van der Waals surface area contributed by atoms with E-state index in [0.29, 0.717) is 16.9 Å². The molecule has 0 aliphatic heterocycles. The summed E-state index contributed by atoms with van der Waals surface area (Å²) in [5, 5.41) is 18.5. The lowest BCUT2D eigenvalue weighted by Gasteiger charge is -2.14. The van der Waals surface area contributed by atoms with Crippen molar-refractivity contribution in [3.8, 4) is 11.5 Å². The Morgan fingerprint density at radius 1 is 1.08 bits per heavy atom. The molecule has 3 N–H and O–H groups in total. The summed E-state index contributed by atoms with van der Waals surface area (Å²) >= 11 is 0. The van der Waals surface area contributed by atoms with Crippen molar-refractivity contribution in [2.75, 3.05) is 11.8 Å². The second kappa shape index (κ2) is 6.40. The van der Waals surface area contributed by atoms with E-state index in [2.05, 4.69) is 4.72 Å². The molecule has 0 bridgehead atoms. The molecular weight excluding hydrogens is 334 g/mol. The van der Waals surface area contributed by atoms with E-state index < -0.39 is 16.0 Å². The summed E-state index contributed by atoms with van der Waals surface area (Å²) in [6.45, 7) is 3.34. The molecule has 8 heteroatoms. The first-order valence-electron chi connectivity index (χ1n) is 6.89. The van der Waals surface area contributed by atoms with Crippen molar-refractivity contribution >= 4 is 21.7 Å². The number of methoxy groups -OCH3 is 1. The number of aromatic carboxylic acids is 1. The van der Waals surface area contributed by atoms with Crippen LogP contribution in [0.4, 0.5) is 5.69 Å². The normalized spacial score (nSPS) is 11.1. The van der Waals surface area contributed by atoms with E-state index >= 15 is 0 Å². The lowest BCUT2D eigenvalue weighted by Crippen LogP contribution is -2.15. The van der Waals surface area contributed by atoms with Crippen molar-refractivity contribution in [1.82, 2.24) is 0 Å². The molecule has 0 aliphatic rings. The topological polar surface area (TPSA) is 113 Å². The maximum atomic E-state index is 12.6. The number of rotatable bonds is 5. The molecule has 0 unspecified atom stereocenters. The van der Waals surface area contributed by atoms with E-state index in [4.69, 9.17) is 9.84 Å². The number of aromatic hydroxyl groups is 1. The second-order valence-electron chi connectivity index (χ2n) is 5.27. The Hall–Kier alpha value is -2.74. The quantitative estimate of drug-likeness (QED) is 0.763. The molecule has 0 saturated heterocycles. The van der Waals surface area contributed by atoms with Crippen LogP contribution in [0.25, 0.3) is 0 Å². The highest BCUT2D eigenvalue weighted by molar-refractivity contribution is 7.92. The molecule has 24 heavy (non-hydrogen) atoms. The SMILES string of the molecule is COc1cc(C)c(S(=O)(=O)Nc2cc(O)cc(C(=O)O)c2)cc1C. The van der Waals surface area contributed by atoms with E-state index in [9.17, 15) is 18.3 Å². The van der Waals surface area contributed by atoms with Crippen LogP contribution < -0.4 is 9.46 Å². The Morgan fingerprint density at radius 3 is 2.33 bits per heavy atom. The number of ether oxygens (including phenoxy) is 1. The molecule has 0 spiro atoms. The van der Waals surface area contributed by atoms with Crippen molar-refractivity contribution < 1.29 is 28.2 Å². The number of carbonyl (C=O) groups is 1. The predicted molar refractivity (Wildman–Crippen MR) is 88.3 cm³/mol. The van der Waals surface area contributed by atoms with Gasteiger partial charge in [0.1, 0.15) is 11.5 Å². The average Bonchev–Trinajstić information content (AvgIpc) is 2.47. The largest absolute Gasteiger partial charge is 0.508 e. The van der Waals surface area contributed by atoms with Crippen LogP contribution >= 0.6 is 0 Å². The highest BCUT2D eigenvalue weighted by Crippen LogP contribution is 2.28. The number of sulfonamides is 1. The third-order valence-corrected chi connectivity index (χ3v) is 4.92. The molecule has 0 aliphatic carbocycles. The first-order chi connectivity index (χ1) is 11.1. The van der Waals surface area contributed by atoms with E-state index in [1.165, 1.54) is 13.2 Å².